The zero-order valence-corrected chi connectivity index (χ0v) is 19.4. The molecule has 30 heavy (non-hydrogen) atoms. The number of rotatable bonds is 8. The highest BCUT2D eigenvalue weighted by molar-refractivity contribution is 5.66. The molecule has 0 spiro atoms. The number of likely N-dealkylation sites (tertiary alicyclic amines) is 1. The van der Waals surface area contributed by atoms with Crippen molar-refractivity contribution in [2.24, 2.45) is 23.7 Å². The topological polar surface area (TPSA) is 52.6 Å². The first kappa shape index (κ1) is 22.6. The molecule has 1 saturated heterocycles. The van der Waals surface area contributed by atoms with Gasteiger partial charge in [0.1, 0.15) is 0 Å². The van der Waals surface area contributed by atoms with Gasteiger partial charge in [-0.3, -0.25) is 9.69 Å². The first-order valence-electron chi connectivity index (χ1n) is 13.3. The van der Waals surface area contributed by atoms with Gasteiger partial charge in [-0.15, -0.1) is 0 Å². The monoisotopic (exact) mass is 418 g/mol. The molecule has 4 nitrogen and oxygen atoms in total. The van der Waals surface area contributed by atoms with E-state index >= 15 is 0 Å². The summed E-state index contributed by atoms with van der Waals surface area (Å²) in [6, 6.07) is 2.26. The Bertz CT molecular complexity index is 547. The lowest BCUT2D eigenvalue weighted by Gasteiger charge is -2.42. The molecule has 1 aliphatic heterocycles. The molecule has 2 N–H and O–H groups in total. The third-order valence-electron chi connectivity index (χ3n) is 9.41. The van der Waals surface area contributed by atoms with Crippen LogP contribution < -0.4 is 5.32 Å². The van der Waals surface area contributed by atoms with E-state index in [1.165, 1.54) is 96.4 Å². The molecule has 4 fully saturated rings. The van der Waals surface area contributed by atoms with Crippen molar-refractivity contribution >= 4 is 5.97 Å². The van der Waals surface area contributed by atoms with Gasteiger partial charge in [0.25, 0.3) is 0 Å². The van der Waals surface area contributed by atoms with Gasteiger partial charge in [0.15, 0.2) is 0 Å². The molecular weight excluding hydrogens is 372 g/mol. The van der Waals surface area contributed by atoms with Crippen LogP contribution in [0.4, 0.5) is 0 Å². The van der Waals surface area contributed by atoms with E-state index in [1.54, 1.807) is 0 Å². The average molecular weight is 419 g/mol. The summed E-state index contributed by atoms with van der Waals surface area (Å²) in [5.41, 5.74) is 0. The molecule has 0 aromatic carbocycles. The number of nitrogens with one attached hydrogen (secondary N) is 1. The maximum atomic E-state index is 11.1. The molecule has 0 radical (unpaired) electrons. The molecule has 4 heteroatoms. The number of aliphatic carboxylic acids is 1. The van der Waals surface area contributed by atoms with Gasteiger partial charge < -0.3 is 10.4 Å². The van der Waals surface area contributed by atoms with Crippen LogP contribution in [0.1, 0.15) is 103 Å². The number of fused-ring (bicyclic) bond motifs is 1. The third kappa shape index (κ3) is 5.59. The predicted molar refractivity (Wildman–Crippen MR) is 123 cm³/mol. The molecular formula is C26H46N2O2. The first-order chi connectivity index (χ1) is 14.6. The van der Waals surface area contributed by atoms with E-state index in [-0.39, 0.29) is 0 Å². The van der Waals surface area contributed by atoms with Crippen LogP contribution in [-0.2, 0) is 4.79 Å². The van der Waals surface area contributed by atoms with Gasteiger partial charge in [-0.25, -0.2) is 0 Å². The number of hydrogen-bond acceptors (Lipinski definition) is 3. The van der Waals surface area contributed by atoms with Crippen molar-refractivity contribution in [3.8, 4) is 0 Å². The minimum absolute atomic E-state index is 0.366. The Labute approximate surface area is 184 Å². The van der Waals surface area contributed by atoms with Crippen LogP contribution >= 0.6 is 0 Å². The van der Waals surface area contributed by atoms with Gasteiger partial charge in [0.05, 0.1) is 0 Å². The molecule has 0 aromatic rings. The molecule has 0 amide bonds. The molecule has 0 bridgehead atoms. The van der Waals surface area contributed by atoms with Crippen molar-refractivity contribution in [2.75, 3.05) is 13.6 Å². The van der Waals surface area contributed by atoms with Crippen molar-refractivity contribution in [2.45, 2.75) is 121 Å². The second kappa shape index (κ2) is 10.8. The Kier molecular flexibility index (Phi) is 8.14. The van der Waals surface area contributed by atoms with Gasteiger partial charge in [-0.1, -0.05) is 44.9 Å². The summed E-state index contributed by atoms with van der Waals surface area (Å²) in [6.45, 7) is 1.33. The maximum Gasteiger partial charge on any atom is 0.303 e. The largest absolute Gasteiger partial charge is 0.481 e. The van der Waals surface area contributed by atoms with Gasteiger partial charge in [-0.05, 0) is 82.1 Å². The second-order valence-corrected chi connectivity index (χ2v) is 11.2. The zero-order chi connectivity index (χ0) is 20.9. The SMILES string of the molecule is CNC1CCCC(N2CC(CCC3CCCCC3)C3CC(CCC(=O)O)CCC32)C1. The highest BCUT2D eigenvalue weighted by Crippen LogP contribution is 2.47. The van der Waals surface area contributed by atoms with Crippen molar-refractivity contribution in [1.29, 1.82) is 0 Å². The second-order valence-electron chi connectivity index (χ2n) is 11.2. The van der Waals surface area contributed by atoms with Crippen LogP contribution in [0.2, 0.25) is 0 Å². The molecule has 3 saturated carbocycles. The summed E-state index contributed by atoms with van der Waals surface area (Å²) < 4.78 is 0. The Morgan fingerprint density at radius 3 is 2.50 bits per heavy atom. The molecule has 6 atom stereocenters. The normalized spacial score (nSPS) is 38.4. The average Bonchev–Trinajstić information content (AvgIpc) is 3.15. The van der Waals surface area contributed by atoms with Crippen LogP contribution in [-0.4, -0.2) is 47.7 Å². The van der Waals surface area contributed by atoms with Gasteiger partial charge in [-0.2, -0.15) is 0 Å². The molecule has 1 heterocycles. The third-order valence-corrected chi connectivity index (χ3v) is 9.41. The lowest BCUT2D eigenvalue weighted by Crippen LogP contribution is -2.47. The summed E-state index contributed by atoms with van der Waals surface area (Å²) >= 11 is 0. The maximum absolute atomic E-state index is 11.1. The molecule has 4 aliphatic rings. The lowest BCUT2D eigenvalue weighted by atomic mass is 9.71. The van der Waals surface area contributed by atoms with Crippen molar-refractivity contribution in [1.82, 2.24) is 10.2 Å². The number of carbonyl (C=O) groups is 1. The Balaban J connectivity index is 1.40. The molecule has 172 valence electrons. The molecule has 0 aromatic heterocycles. The fourth-order valence-electron chi connectivity index (χ4n) is 7.71. The Morgan fingerprint density at radius 1 is 0.900 bits per heavy atom. The van der Waals surface area contributed by atoms with E-state index in [2.05, 4.69) is 17.3 Å². The number of hydrogen-bond donors (Lipinski definition) is 2. The number of carboxylic acid groups (broad SMARTS) is 1. The van der Waals surface area contributed by atoms with E-state index in [0.717, 1.165) is 36.3 Å². The number of nitrogens with zero attached hydrogens (tertiary/aromatic N) is 1. The summed E-state index contributed by atoms with van der Waals surface area (Å²) in [4.78, 5) is 14.1. The number of carboxylic acids is 1. The highest BCUT2D eigenvalue weighted by Gasteiger charge is 2.47. The van der Waals surface area contributed by atoms with Crippen LogP contribution in [0.25, 0.3) is 0 Å². The summed E-state index contributed by atoms with van der Waals surface area (Å²) in [5, 5.41) is 12.7. The minimum atomic E-state index is -0.612. The summed E-state index contributed by atoms with van der Waals surface area (Å²) in [5.74, 6) is 2.71. The van der Waals surface area contributed by atoms with Crippen molar-refractivity contribution < 1.29 is 9.90 Å². The van der Waals surface area contributed by atoms with Crippen LogP contribution in [0.15, 0.2) is 0 Å². The van der Waals surface area contributed by atoms with E-state index in [9.17, 15) is 4.79 Å². The van der Waals surface area contributed by atoms with E-state index < -0.39 is 5.97 Å². The minimum Gasteiger partial charge on any atom is -0.481 e. The lowest BCUT2D eigenvalue weighted by molar-refractivity contribution is -0.137. The van der Waals surface area contributed by atoms with Gasteiger partial charge >= 0.3 is 5.97 Å². The van der Waals surface area contributed by atoms with Gasteiger partial charge in [0.2, 0.25) is 0 Å². The van der Waals surface area contributed by atoms with Crippen LogP contribution in [0.3, 0.4) is 0 Å². The van der Waals surface area contributed by atoms with Crippen LogP contribution in [0, 0.1) is 23.7 Å². The standard InChI is InChI=1S/C26H46N2O2/c1-27-22-8-5-9-23(17-22)28-18-21(13-10-19-6-3-2-4-7-19)24-16-20(11-14-25(24)28)12-15-26(29)30/h19-25,27H,2-18H2,1H3,(H,29,30). The fourth-order valence-corrected chi connectivity index (χ4v) is 7.71. The Morgan fingerprint density at radius 2 is 1.73 bits per heavy atom. The van der Waals surface area contributed by atoms with Crippen molar-refractivity contribution in [3.05, 3.63) is 0 Å². The van der Waals surface area contributed by atoms with Crippen molar-refractivity contribution in [3.63, 3.8) is 0 Å². The summed E-state index contributed by atoms with van der Waals surface area (Å²) in [6.07, 6.45) is 20.8. The van der Waals surface area contributed by atoms with E-state index in [0.29, 0.717) is 18.4 Å². The zero-order valence-electron chi connectivity index (χ0n) is 19.4. The molecule has 3 aliphatic carbocycles. The summed E-state index contributed by atoms with van der Waals surface area (Å²) in [7, 11) is 2.14. The predicted octanol–water partition coefficient (Wildman–Crippen LogP) is 5.46. The quantitative estimate of drug-likeness (QED) is 0.550. The molecule has 6 unspecified atom stereocenters. The molecule has 4 rings (SSSR count). The Hall–Kier alpha value is -0.610. The first-order valence-corrected chi connectivity index (χ1v) is 13.3. The van der Waals surface area contributed by atoms with Gasteiger partial charge in [0, 0.05) is 31.1 Å². The smallest absolute Gasteiger partial charge is 0.303 e. The van der Waals surface area contributed by atoms with Crippen LogP contribution in [0.5, 0.6) is 0 Å². The van der Waals surface area contributed by atoms with E-state index in [1.807, 2.05) is 0 Å². The highest BCUT2D eigenvalue weighted by atomic mass is 16.4. The van der Waals surface area contributed by atoms with E-state index in [4.69, 9.17) is 5.11 Å². The fraction of sp³-hybridized carbons (Fsp3) is 0.962.